The number of hydrogen-bond acceptors (Lipinski definition) is 8. The van der Waals surface area contributed by atoms with Crippen molar-refractivity contribution < 1.29 is 19.4 Å². The fourth-order valence-electron chi connectivity index (χ4n) is 2.43. The Morgan fingerprint density at radius 1 is 1.36 bits per heavy atom. The highest BCUT2D eigenvalue weighted by atomic mass is 16.5. The van der Waals surface area contributed by atoms with E-state index < -0.39 is 30.6 Å². The first-order valence-electron chi connectivity index (χ1n) is 6.62. The second-order valence-corrected chi connectivity index (χ2v) is 4.94. The number of azide groups is 1. The third kappa shape index (κ3) is 2.44. The summed E-state index contributed by atoms with van der Waals surface area (Å²) in [7, 11) is 0. The van der Waals surface area contributed by atoms with Crippen molar-refractivity contribution in [2.75, 3.05) is 5.32 Å². The predicted molar refractivity (Wildman–Crippen MR) is 74.7 cm³/mol. The summed E-state index contributed by atoms with van der Waals surface area (Å²) >= 11 is 0. The lowest BCUT2D eigenvalue weighted by Gasteiger charge is -2.40. The lowest BCUT2D eigenvalue weighted by atomic mass is 9.97. The molecule has 1 saturated heterocycles. The highest BCUT2D eigenvalue weighted by molar-refractivity contribution is 5.85. The van der Waals surface area contributed by atoms with Crippen molar-refractivity contribution in [2.24, 2.45) is 5.11 Å². The van der Waals surface area contributed by atoms with Gasteiger partial charge < -0.3 is 24.7 Å². The molecule has 3 rings (SSSR count). The van der Waals surface area contributed by atoms with Gasteiger partial charge in [-0.15, -0.1) is 0 Å². The zero-order valence-corrected chi connectivity index (χ0v) is 11.6. The van der Waals surface area contributed by atoms with Crippen LogP contribution < -0.4 is 5.32 Å². The van der Waals surface area contributed by atoms with Gasteiger partial charge in [0, 0.05) is 4.91 Å². The summed E-state index contributed by atoms with van der Waals surface area (Å²) in [5.74, 6) is 0.407. The molecule has 10 heteroatoms. The van der Waals surface area contributed by atoms with Gasteiger partial charge in [0.15, 0.2) is 6.23 Å². The number of furan rings is 1. The van der Waals surface area contributed by atoms with E-state index >= 15 is 0 Å². The van der Waals surface area contributed by atoms with E-state index in [2.05, 4.69) is 25.3 Å². The Balaban J connectivity index is 1.84. The molecular formula is C12H14N6O4. The quantitative estimate of drug-likeness (QED) is 0.430. The smallest absolute Gasteiger partial charge is 0.231 e. The highest BCUT2D eigenvalue weighted by Gasteiger charge is 2.42. The molecule has 5 atom stereocenters. The van der Waals surface area contributed by atoms with E-state index in [9.17, 15) is 10.2 Å². The summed E-state index contributed by atoms with van der Waals surface area (Å²) in [6.07, 6.45) is -1.25. The van der Waals surface area contributed by atoms with Crippen LogP contribution in [0.15, 0.2) is 28.2 Å². The number of rotatable bonds is 3. The van der Waals surface area contributed by atoms with E-state index in [0.29, 0.717) is 16.9 Å². The third-order valence-electron chi connectivity index (χ3n) is 3.58. The molecule has 0 saturated carbocycles. The van der Waals surface area contributed by atoms with Gasteiger partial charge in [0.1, 0.15) is 18.2 Å². The normalized spacial score (nSPS) is 31.7. The third-order valence-corrected chi connectivity index (χ3v) is 3.58. The van der Waals surface area contributed by atoms with Gasteiger partial charge in [-0.3, -0.25) is 0 Å². The number of ether oxygens (including phenoxy) is 1. The Morgan fingerprint density at radius 2 is 2.18 bits per heavy atom. The molecule has 1 aliphatic rings. The SMILES string of the molecule is C[C@@H]1O[C@H](Nc2ncnc3occc23)[C@H](O)[C@H](O)[C@H]1N=[N+]=[N-]. The number of nitrogens with one attached hydrogen (secondary N) is 1. The second kappa shape index (κ2) is 5.78. The van der Waals surface area contributed by atoms with Crippen molar-refractivity contribution >= 4 is 16.9 Å². The van der Waals surface area contributed by atoms with Crippen LogP contribution in [0.25, 0.3) is 21.5 Å². The van der Waals surface area contributed by atoms with Crippen molar-refractivity contribution in [1.82, 2.24) is 9.97 Å². The molecule has 2 aromatic rings. The summed E-state index contributed by atoms with van der Waals surface area (Å²) in [5.41, 5.74) is 8.90. The van der Waals surface area contributed by atoms with Crippen LogP contribution in [0.1, 0.15) is 6.92 Å². The van der Waals surface area contributed by atoms with Crippen molar-refractivity contribution in [1.29, 1.82) is 0 Å². The highest BCUT2D eigenvalue weighted by Crippen LogP contribution is 2.27. The summed E-state index contributed by atoms with van der Waals surface area (Å²) in [6.45, 7) is 1.65. The molecule has 0 aromatic carbocycles. The maximum absolute atomic E-state index is 10.1. The maximum Gasteiger partial charge on any atom is 0.231 e. The van der Waals surface area contributed by atoms with E-state index in [1.54, 1.807) is 13.0 Å². The van der Waals surface area contributed by atoms with E-state index in [-0.39, 0.29) is 0 Å². The minimum absolute atomic E-state index is 0.392. The average Bonchev–Trinajstić information content (AvgIpc) is 2.98. The molecule has 0 aliphatic carbocycles. The van der Waals surface area contributed by atoms with Crippen molar-refractivity contribution in [3.63, 3.8) is 0 Å². The fraction of sp³-hybridized carbons (Fsp3) is 0.500. The zero-order chi connectivity index (χ0) is 15.7. The Kier molecular flexibility index (Phi) is 3.82. The predicted octanol–water partition coefficient (Wildman–Crippen LogP) is 0.780. The first kappa shape index (κ1) is 14.5. The molecule has 0 bridgehead atoms. The van der Waals surface area contributed by atoms with Crippen molar-refractivity contribution in [3.05, 3.63) is 29.1 Å². The Bertz CT molecular complexity index is 714. The van der Waals surface area contributed by atoms with Crippen LogP contribution in [0.4, 0.5) is 5.82 Å². The molecule has 0 amide bonds. The molecule has 0 radical (unpaired) electrons. The van der Waals surface area contributed by atoms with Crippen LogP contribution in [0, 0.1) is 0 Å². The minimum atomic E-state index is -1.29. The summed E-state index contributed by atoms with van der Waals surface area (Å²) in [5, 5.41) is 27.2. The molecule has 116 valence electrons. The standard InChI is InChI=1S/C12H14N6O4/c1-5-7(17-18-13)8(19)9(20)12(22-5)16-10-6-2-3-21-11(6)15-4-14-10/h2-5,7-9,12,19-20H,1H3,(H,14,15,16)/t5-,7-,8+,9+,12-/m0/s1. The fourth-order valence-corrected chi connectivity index (χ4v) is 2.43. The van der Waals surface area contributed by atoms with Gasteiger partial charge >= 0.3 is 0 Å². The monoisotopic (exact) mass is 306 g/mol. The Labute approximate surface area is 124 Å². The van der Waals surface area contributed by atoms with Gasteiger partial charge in [0.25, 0.3) is 0 Å². The summed E-state index contributed by atoms with van der Waals surface area (Å²) in [6, 6.07) is 0.813. The van der Waals surface area contributed by atoms with Crippen molar-refractivity contribution in [2.45, 2.75) is 37.5 Å². The van der Waals surface area contributed by atoms with Gasteiger partial charge in [0.2, 0.25) is 5.71 Å². The number of hydrogen-bond donors (Lipinski definition) is 3. The van der Waals surface area contributed by atoms with Crippen LogP contribution in [0.2, 0.25) is 0 Å². The average molecular weight is 306 g/mol. The first-order valence-corrected chi connectivity index (χ1v) is 6.62. The molecular weight excluding hydrogens is 292 g/mol. The Morgan fingerprint density at radius 3 is 2.95 bits per heavy atom. The molecule has 22 heavy (non-hydrogen) atoms. The molecule has 0 unspecified atom stereocenters. The van der Waals surface area contributed by atoms with Gasteiger partial charge in [-0.25, -0.2) is 9.97 Å². The number of aliphatic hydroxyl groups excluding tert-OH is 2. The maximum atomic E-state index is 10.1. The molecule has 3 N–H and O–H groups in total. The number of aromatic nitrogens is 2. The van der Waals surface area contributed by atoms with Crippen LogP contribution in [0.3, 0.4) is 0 Å². The lowest BCUT2D eigenvalue weighted by Crippen LogP contribution is -2.58. The number of aliphatic hydroxyl groups is 2. The van der Waals surface area contributed by atoms with E-state index in [1.807, 2.05) is 0 Å². The van der Waals surface area contributed by atoms with Crippen LogP contribution in [0.5, 0.6) is 0 Å². The number of nitrogens with zero attached hydrogens (tertiary/aromatic N) is 5. The molecule has 3 heterocycles. The van der Waals surface area contributed by atoms with Crippen molar-refractivity contribution in [3.8, 4) is 0 Å². The van der Waals surface area contributed by atoms with Gasteiger partial charge in [-0.05, 0) is 18.5 Å². The Hall–Kier alpha value is -2.39. The van der Waals surface area contributed by atoms with E-state index in [1.165, 1.54) is 12.6 Å². The van der Waals surface area contributed by atoms with Crippen LogP contribution >= 0.6 is 0 Å². The molecule has 1 aliphatic heterocycles. The van der Waals surface area contributed by atoms with E-state index in [0.717, 1.165) is 0 Å². The topological polar surface area (TPSA) is 149 Å². The number of anilines is 1. The molecule has 1 fully saturated rings. The number of fused-ring (bicyclic) bond motifs is 1. The second-order valence-electron chi connectivity index (χ2n) is 4.94. The lowest BCUT2D eigenvalue weighted by molar-refractivity contribution is -0.163. The van der Waals surface area contributed by atoms with Gasteiger partial charge in [-0.2, -0.15) is 0 Å². The molecule has 10 nitrogen and oxygen atoms in total. The minimum Gasteiger partial charge on any atom is -0.446 e. The van der Waals surface area contributed by atoms with E-state index in [4.69, 9.17) is 14.7 Å². The molecule has 2 aromatic heterocycles. The van der Waals surface area contributed by atoms with Gasteiger partial charge in [0.05, 0.1) is 29.9 Å². The molecule has 0 spiro atoms. The van der Waals surface area contributed by atoms with Gasteiger partial charge in [-0.1, -0.05) is 5.11 Å². The largest absolute Gasteiger partial charge is 0.446 e. The summed E-state index contributed by atoms with van der Waals surface area (Å²) in [4.78, 5) is 10.7. The summed E-state index contributed by atoms with van der Waals surface area (Å²) < 4.78 is 10.8. The first-order chi connectivity index (χ1) is 10.6. The van der Waals surface area contributed by atoms with Crippen LogP contribution in [-0.4, -0.2) is 50.8 Å². The zero-order valence-electron chi connectivity index (χ0n) is 11.6. The van der Waals surface area contributed by atoms with Crippen LogP contribution in [-0.2, 0) is 4.74 Å².